The molecule has 0 spiro atoms. The average molecular weight is 532 g/mol. The molecule has 0 saturated carbocycles. The van der Waals surface area contributed by atoms with Crippen LogP contribution < -0.4 is 0 Å². The summed E-state index contributed by atoms with van der Waals surface area (Å²) in [6, 6.07) is 5.18. The number of rotatable bonds is 6. The molecule has 0 aliphatic rings. The first-order chi connectivity index (χ1) is 12.7. The van der Waals surface area contributed by atoms with Gasteiger partial charge in [0.15, 0.2) is 0 Å². The van der Waals surface area contributed by atoms with Crippen molar-refractivity contribution in [3.63, 3.8) is 0 Å². The second-order valence-corrected chi connectivity index (χ2v) is 7.84. The number of hydrogen-bond acceptors (Lipinski definition) is 1. The summed E-state index contributed by atoms with van der Waals surface area (Å²) in [5.74, 6) is -1.29. The van der Waals surface area contributed by atoms with Crippen molar-refractivity contribution in [3.8, 4) is 0 Å². The van der Waals surface area contributed by atoms with Gasteiger partial charge >= 0.3 is 0 Å². The fourth-order valence-electron chi connectivity index (χ4n) is 2.16. The minimum absolute atomic E-state index is 0.0497. The molecule has 0 radical (unpaired) electrons. The summed E-state index contributed by atoms with van der Waals surface area (Å²) >= 11 is 7.54. The molecule has 2 aromatic carbocycles. The van der Waals surface area contributed by atoms with Gasteiger partial charge in [0.1, 0.15) is 11.6 Å². The van der Waals surface area contributed by atoms with Crippen LogP contribution >= 0.6 is 43.6 Å². The van der Waals surface area contributed by atoms with Crippen LogP contribution in [0.3, 0.4) is 0 Å². The Kier molecular flexibility index (Phi) is 8.05. The van der Waals surface area contributed by atoms with Crippen LogP contribution in [0.1, 0.15) is 11.1 Å². The fourth-order valence-corrected chi connectivity index (χ4v) is 4.55. The average Bonchev–Trinajstić information content (AvgIpc) is 2.58. The quantitative estimate of drug-likeness (QED) is 0.338. The molecule has 0 heterocycles. The summed E-state index contributed by atoms with van der Waals surface area (Å²) in [5, 5.41) is 0. The summed E-state index contributed by atoms with van der Waals surface area (Å²) in [4.78, 5) is 1.01. The molecule has 0 aromatic heterocycles. The highest BCUT2D eigenvalue weighted by Crippen LogP contribution is 2.41. The SMILES string of the molecule is FC(F)=CCc1c(F)ccc(Sc2ccc(F)c(CC=C(F)F)c2Br)c1Br. The summed E-state index contributed by atoms with van der Waals surface area (Å²) < 4.78 is 77.7. The van der Waals surface area contributed by atoms with Crippen molar-refractivity contribution in [2.75, 3.05) is 0 Å². The third-order valence-corrected chi connectivity index (χ3v) is 6.90. The molecule has 0 fully saturated rings. The lowest BCUT2D eigenvalue weighted by atomic mass is 10.1. The second kappa shape index (κ2) is 9.84. The van der Waals surface area contributed by atoms with Crippen molar-refractivity contribution in [1.29, 1.82) is 0 Å². The smallest absolute Gasteiger partial charge is 0.207 e. The largest absolute Gasteiger partial charge is 0.266 e. The molecule has 0 bridgehead atoms. The number of allylic oxidation sites excluding steroid dienone is 2. The normalized spacial score (nSPS) is 10.7. The van der Waals surface area contributed by atoms with E-state index >= 15 is 0 Å². The maximum atomic E-state index is 13.9. The Morgan fingerprint density at radius 2 is 1.11 bits per heavy atom. The lowest BCUT2D eigenvalue weighted by Crippen LogP contribution is -1.95. The van der Waals surface area contributed by atoms with Gasteiger partial charge in [0.2, 0.25) is 0 Å². The fraction of sp³-hybridized carbons (Fsp3) is 0.111. The molecule has 144 valence electrons. The summed E-state index contributed by atoms with van der Waals surface area (Å²) in [6.07, 6.45) is -3.25. The summed E-state index contributed by atoms with van der Waals surface area (Å²) in [7, 11) is 0. The van der Waals surface area contributed by atoms with E-state index in [4.69, 9.17) is 0 Å². The summed E-state index contributed by atoms with van der Waals surface area (Å²) in [6.45, 7) is 0. The number of benzene rings is 2. The van der Waals surface area contributed by atoms with Crippen molar-refractivity contribution < 1.29 is 26.3 Å². The summed E-state index contributed by atoms with van der Waals surface area (Å²) in [5.41, 5.74) is 0.0994. The standard InChI is InChI=1S/C18H10Br2F6S/c19-17-9(1-7-15(23)24)11(21)3-5-13(17)27-14-6-4-12(22)10(18(14)20)2-8-16(25)26/h3-8H,1-2H2. The Bertz CT molecular complexity index is 830. The van der Waals surface area contributed by atoms with Crippen molar-refractivity contribution in [1.82, 2.24) is 0 Å². The molecule has 2 aromatic rings. The molecular formula is C18H10Br2F6S. The van der Waals surface area contributed by atoms with Crippen molar-refractivity contribution in [2.45, 2.75) is 22.6 Å². The monoisotopic (exact) mass is 530 g/mol. The third kappa shape index (κ3) is 5.89. The van der Waals surface area contributed by atoms with E-state index in [0.717, 1.165) is 23.9 Å². The highest BCUT2D eigenvalue weighted by atomic mass is 79.9. The van der Waals surface area contributed by atoms with Gasteiger partial charge in [-0.2, -0.15) is 17.6 Å². The zero-order valence-electron chi connectivity index (χ0n) is 13.3. The Balaban J connectivity index is 2.40. The Morgan fingerprint density at radius 1 is 0.741 bits per heavy atom. The minimum Gasteiger partial charge on any atom is -0.207 e. The molecule has 0 aliphatic carbocycles. The number of halogens is 8. The zero-order valence-corrected chi connectivity index (χ0v) is 17.3. The zero-order chi connectivity index (χ0) is 20.1. The van der Waals surface area contributed by atoms with E-state index in [-0.39, 0.29) is 32.9 Å². The molecule has 0 atom stereocenters. The van der Waals surface area contributed by atoms with E-state index in [1.165, 1.54) is 12.1 Å². The minimum atomic E-state index is -1.92. The molecule has 0 saturated heterocycles. The molecule has 27 heavy (non-hydrogen) atoms. The van der Waals surface area contributed by atoms with Gasteiger partial charge in [-0.3, -0.25) is 0 Å². The van der Waals surface area contributed by atoms with E-state index in [2.05, 4.69) is 31.9 Å². The van der Waals surface area contributed by atoms with Gasteiger partial charge in [0.25, 0.3) is 12.2 Å². The van der Waals surface area contributed by atoms with Gasteiger partial charge in [0.05, 0.1) is 0 Å². The van der Waals surface area contributed by atoms with Gasteiger partial charge in [-0.15, -0.1) is 0 Å². The van der Waals surface area contributed by atoms with Crippen LogP contribution in [0.25, 0.3) is 0 Å². The van der Waals surface area contributed by atoms with Crippen LogP contribution in [-0.2, 0) is 12.8 Å². The van der Waals surface area contributed by atoms with Gasteiger partial charge < -0.3 is 0 Å². The molecule has 0 aliphatic heterocycles. The highest BCUT2D eigenvalue weighted by Gasteiger charge is 2.16. The van der Waals surface area contributed by atoms with Crippen LogP contribution in [0.2, 0.25) is 0 Å². The molecule has 0 amide bonds. The van der Waals surface area contributed by atoms with Gasteiger partial charge in [-0.25, -0.2) is 8.78 Å². The van der Waals surface area contributed by atoms with Gasteiger partial charge in [0, 0.05) is 29.9 Å². The Morgan fingerprint density at radius 3 is 1.44 bits per heavy atom. The molecule has 2 rings (SSSR count). The van der Waals surface area contributed by atoms with Crippen molar-refractivity contribution in [3.05, 3.63) is 80.3 Å². The second-order valence-electron chi connectivity index (χ2n) is 5.17. The van der Waals surface area contributed by atoms with Crippen molar-refractivity contribution in [2.24, 2.45) is 0 Å². The first kappa shape index (κ1) is 22.1. The first-order valence-corrected chi connectivity index (χ1v) is 9.74. The van der Waals surface area contributed by atoms with Crippen LogP contribution in [0.4, 0.5) is 26.3 Å². The van der Waals surface area contributed by atoms with Crippen LogP contribution in [-0.4, -0.2) is 0 Å². The highest BCUT2D eigenvalue weighted by molar-refractivity contribution is 9.11. The lowest BCUT2D eigenvalue weighted by molar-refractivity contribution is 0.417. The maximum absolute atomic E-state index is 13.9. The molecule has 0 unspecified atom stereocenters. The van der Waals surface area contributed by atoms with E-state index in [9.17, 15) is 26.3 Å². The molecule has 0 nitrogen and oxygen atoms in total. The van der Waals surface area contributed by atoms with E-state index in [1.54, 1.807) is 0 Å². The third-order valence-electron chi connectivity index (χ3n) is 3.44. The maximum Gasteiger partial charge on any atom is 0.266 e. The van der Waals surface area contributed by atoms with E-state index < -0.39 is 23.8 Å². The predicted molar refractivity (Wildman–Crippen MR) is 100 cm³/mol. The molecule has 0 N–H and O–H groups in total. The van der Waals surface area contributed by atoms with Crippen LogP contribution in [0.15, 0.2) is 67.3 Å². The first-order valence-electron chi connectivity index (χ1n) is 7.34. The number of hydrogen-bond donors (Lipinski definition) is 0. The lowest BCUT2D eigenvalue weighted by Gasteiger charge is -2.13. The van der Waals surface area contributed by atoms with E-state index in [0.29, 0.717) is 21.9 Å². The Hall–Kier alpha value is -1.19. The van der Waals surface area contributed by atoms with Crippen LogP contribution in [0.5, 0.6) is 0 Å². The molecular weight excluding hydrogens is 522 g/mol. The topological polar surface area (TPSA) is 0 Å². The van der Waals surface area contributed by atoms with Gasteiger partial charge in [-0.05, 0) is 81.1 Å². The van der Waals surface area contributed by atoms with E-state index in [1.807, 2.05) is 0 Å². The van der Waals surface area contributed by atoms with Crippen LogP contribution in [0, 0.1) is 11.6 Å². The molecule has 9 heteroatoms. The van der Waals surface area contributed by atoms with Crippen molar-refractivity contribution >= 4 is 43.6 Å². The van der Waals surface area contributed by atoms with Gasteiger partial charge in [-0.1, -0.05) is 11.8 Å². The predicted octanol–water partition coefficient (Wildman–Crippen LogP) is 8.29. The Labute approximate surface area is 172 Å².